The van der Waals surface area contributed by atoms with Crippen molar-refractivity contribution in [1.82, 2.24) is 5.32 Å². The zero-order chi connectivity index (χ0) is 18.0. The van der Waals surface area contributed by atoms with Crippen LogP contribution in [0.2, 0.25) is 5.02 Å². The maximum Gasteiger partial charge on any atom is 0.133 e. The third kappa shape index (κ3) is 3.56. The maximum absolute atomic E-state index is 6.10. The van der Waals surface area contributed by atoms with Gasteiger partial charge in [0.05, 0.1) is 11.4 Å². The number of nitrogens with one attached hydrogen (secondary N) is 1. The van der Waals surface area contributed by atoms with Crippen molar-refractivity contribution in [3.63, 3.8) is 0 Å². The van der Waals surface area contributed by atoms with Crippen LogP contribution in [0.1, 0.15) is 50.6 Å². The molecule has 4 nitrogen and oxygen atoms in total. The largest absolute Gasteiger partial charge is 0.377 e. The zero-order valence-corrected chi connectivity index (χ0v) is 16.9. The van der Waals surface area contributed by atoms with E-state index in [4.69, 9.17) is 26.6 Å². The third-order valence-electron chi connectivity index (χ3n) is 6.05. The fourth-order valence-corrected chi connectivity index (χ4v) is 6.72. The topological polar surface area (TPSA) is 46.0 Å². The minimum absolute atomic E-state index is 0.0989. The lowest BCUT2D eigenvalue weighted by atomic mass is 9.68. The van der Waals surface area contributed by atoms with Gasteiger partial charge in [-0.25, -0.2) is 0 Å². The molecule has 5 atom stereocenters. The SMILES string of the molecule is CCCC12CCSC1C(NC[C@@H]1CCCO1)N=NC2c1ccc(Cl)cc1. The fraction of sp³-hybridized carbons (Fsp3) is 0.700. The maximum atomic E-state index is 6.10. The Kier molecular flexibility index (Phi) is 5.89. The summed E-state index contributed by atoms with van der Waals surface area (Å²) in [5, 5.41) is 14.5. The van der Waals surface area contributed by atoms with Gasteiger partial charge in [-0.2, -0.15) is 22.0 Å². The normalized spacial score (nSPS) is 36.4. The molecule has 0 amide bonds. The van der Waals surface area contributed by atoms with Crippen LogP contribution in [0.4, 0.5) is 0 Å². The predicted molar refractivity (Wildman–Crippen MR) is 108 cm³/mol. The molecule has 26 heavy (non-hydrogen) atoms. The van der Waals surface area contributed by atoms with Gasteiger partial charge in [0.2, 0.25) is 0 Å². The zero-order valence-electron chi connectivity index (χ0n) is 15.4. The van der Waals surface area contributed by atoms with Gasteiger partial charge in [-0.05, 0) is 49.1 Å². The van der Waals surface area contributed by atoms with Crippen LogP contribution in [0, 0.1) is 5.41 Å². The molecule has 3 aliphatic heterocycles. The molecule has 0 aromatic heterocycles. The Morgan fingerprint density at radius 2 is 2.15 bits per heavy atom. The van der Waals surface area contributed by atoms with E-state index in [1.165, 1.54) is 37.0 Å². The fourth-order valence-electron chi connectivity index (χ4n) is 4.81. The smallest absolute Gasteiger partial charge is 0.133 e. The van der Waals surface area contributed by atoms with Crippen molar-refractivity contribution in [1.29, 1.82) is 0 Å². The van der Waals surface area contributed by atoms with Crippen LogP contribution in [0.3, 0.4) is 0 Å². The van der Waals surface area contributed by atoms with E-state index in [0.717, 1.165) is 24.6 Å². The highest BCUT2D eigenvalue weighted by Gasteiger charge is 2.54. The van der Waals surface area contributed by atoms with Crippen LogP contribution >= 0.6 is 23.4 Å². The van der Waals surface area contributed by atoms with E-state index in [9.17, 15) is 0 Å². The molecular weight excluding hydrogens is 366 g/mol. The number of benzene rings is 1. The minimum Gasteiger partial charge on any atom is -0.377 e. The molecule has 4 rings (SSSR count). The lowest BCUT2D eigenvalue weighted by Crippen LogP contribution is -2.50. The number of hydrogen-bond donors (Lipinski definition) is 1. The summed E-state index contributed by atoms with van der Waals surface area (Å²) in [6.45, 7) is 4.07. The van der Waals surface area contributed by atoms with Crippen LogP contribution in [0.25, 0.3) is 0 Å². The summed E-state index contributed by atoms with van der Waals surface area (Å²) < 4.78 is 5.78. The van der Waals surface area contributed by atoms with Crippen LogP contribution in [0.15, 0.2) is 34.5 Å². The highest BCUT2D eigenvalue weighted by molar-refractivity contribution is 8.00. The molecule has 1 aromatic carbocycles. The molecule has 3 aliphatic rings. The van der Waals surface area contributed by atoms with Crippen molar-refractivity contribution >= 4 is 23.4 Å². The quantitative estimate of drug-likeness (QED) is 0.719. The first-order valence-electron chi connectivity index (χ1n) is 9.85. The average Bonchev–Trinajstić information content (AvgIpc) is 3.31. The number of rotatable bonds is 6. The van der Waals surface area contributed by atoms with Gasteiger partial charge in [-0.1, -0.05) is 37.1 Å². The van der Waals surface area contributed by atoms with Crippen molar-refractivity contribution < 1.29 is 4.74 Å². The van der Waals surface area contributed by atoms with Gasteiger partial charge >= 0.3 is 0 Å². The molecule has 1 aromatic rings. The van der Waals surface area contributed by atoms with E-state index in [1.807, 2.05) is 12.1 Å². The van der Waals surface area contributed by atoms with Crippen LogP contribution in [-0.4, -0.2) is 36.4 Å². The number of ether oxygens (including phenoxy) is 1. The molecule has 0 bridgehead atoms. The van der Waals surface area contributed by atoms with Crippen molar-refractivity contribution in [2.24, 2.45) is 15.6 Å². The van der Waals surface area contributed by atoms with Crippen molar-refractivity contribution in [3.8, 4) is 0 Å². The molecule has 2 fully saturated rings. The summed E-state index contributed by atoms with van der Waals surface area (Å²) in [5.74, 6) is 1.19. The Hall–Kier alpha value is -0.620. The highest BCUT2D eigenvalue weighted by atomic mass is 35.5. The Morgan fingerprint density at radius 3 is 2.88 bits per heavy atom. The molecule has 0 spiro atoms. The predicted octanol–water partition coefficient (Wildman–Crippen LogP) is 5.23. The summed E-state index contributed by atoms with van der Waals surface area (Å²) in [6, 6.07) is 8.35. The summed E-state index contributed by atoms with van der Waals surface area (Å²) in [6.07, 6.45) is 6.34. The van der Waals surface area contributed by atoms with Crippen LogP contribution < -0.4 is 5.32 Å². The first-order chi connectivity index (χ1) is 12.7. The highest BCUT2D eigenvalue weighted by Crippen LogP contribution is 2.58. The Labute approximate surface area is 165 Å². The number of hydrogen-bond acceptors (Lipinski definition) is 5. The number of halogens is 1. The molecule has 2 saturated heterocycles. The second kappa shape index (κ2) is 8.17. The average molecular weight is 394 g/mol. The monoisotopic (exact) mass is 393 g/mol. The first-order valence-corrected chi connectivity index (χ1v) is 11.3. The van der Waals surface area contributed by atoms with Crippen LogP contribution in [0.5, 0.6) is 0 Å². The van der Waals surface area contributed by atoms with E-state index in [1.54, 1.807) is 0 Å². The molecule has 1 N–H and O–H groups in total. The molecule has 4 unspecified atom stereocenters. The third-order valence-corrected chi connectivity index (χ3v) is 7.83. The Morgan fingerprint density at radius 1 is 1.31 bits per heavy atom. The number of nitrogens with zero attached hydrogens (tertiary/aromatic N) is 2. The molecule has 6 heteroatoms. The van der Waals surface area contributed by atoms with Gasteiger partial charge in [-0.3, -0.25) is 5.32 Å². The Balaban J connectivity index is 1.58. The summed E-state index contributed by atoms with van der Waals surface area (Å²) in [7, 11) is 0. The summed E-state index contributed by atoms with van der Waals surface area (Å²) in [5.41, 5.74) is 1.43. The van der Waals surface area contributed by atoms with Gasteiger partial charge in [0, 0.05) is 23.6 Å². The molecule has 0 radical (unpaired) electrons. The standard InChI is InChI=1S/C20H28ClN3OS/c1-2-9-20-10-12-26-18(20)19(22-13-16-4-3-11-25-16)24-23-17(20)14-5-7-15(21)8-6-14/h5-8,16-19,22H,2-4,9-13H2,1H3/t16-,17?,18?,19?,20?/m0/s1. The van der Waals surface area contributed by atoms with Crippen molar-refractivity contribution in [3.05, 3.63) is 34.9 Å². The van der Waals surface area contributed by atoms with E-state index >= 15 is 0 Å². The number of fused-ring (bicyclic) bond motifs is 1. The van der Waals surface area contributed by atoms with E-state index < -0.39 is 0 Å². The second-order valence-corrected chi connectivity index (χ2v) is 9.38. The summed E-state index contributed by atoms with van der Waals surface area (Å²) >= 11 is 8.18. The van der Waals surface area contributed by atoms with Crippen LogP contribution in [-0.2, 0) is 4.74 Å². The summed E-state index contributed by atoms with van der Waals surface area (Å²) in [4.78, 5) is 0. The number of azo groups is 1. The van der Waals surface area contributed by atoms with Gasteiger partial charge in [0.25, 0.3) is 0 Å². The van der Waals surface area contributed by atoms with Gasteiger partial charge in [0.1, 0.15) is 12.2 Å². The van der Waals surface area contributed by atoms with E-state index in [-0.39, 0.29) is 17.6 Å². The van der Waals surface area contributed by atoms with Gasteiger partial charge in [-0.15, -0.1) is 0 Å². The molecule has 142 valence electrons. The molecule has 0 aliphatic carbocycles. The minimum atomic E-state index is 0.0989. The van der Waals surface area contributed by atoms with Gasteiger partial charge < -0.3 is 4.74 Å². The van der Waals surface area contributed by atoms with Crippen molar-refractivity contribution in [2.45, 2.75) is 62.6 Å². The number of thioether (sulfide) groups is 1. The van der Waals surface area contributed by atoms with Gasteiger partial charge in [0.15, 0.2) is 0 Å². The molecule has 0 saturated carbocycles. The lowest BCUT2D eigenvalue weighted by Gasteiger charge is -2.44. The van der Waals surface area contributed by atoms with Crippen molar-refractivity contribution in [2.75, 3.05) is 18.9 Å². The van der Waals surface area contributed by atoms with E-state index in [0.29, 0.717) is 11.4 Å². The lowest BCUT2D eigenvalue weighted by molar-refractivity contribution is 0.0968. The molecule has 3 heterocycles. The first kappa shape index (κ1) is 18.7. The van der Waals surface area contributed by atoms with E-state index in [2.05, 4.69) is 36.1 Å². The molecular formula is C20H28ClN3OS. The second-order valence-electron chi connectivity index (χ2n) is 7.70. The Bertz CT molecular complexity index is 634.